The molecule has 0 saturated carbocycles. The fourth-order valence-corrected chi connectivity index (χ4v) is 2.18. The summed E-state index contributed by atoms with van der Waals surface area (Å²) in [5.74, 6) is -1.37. The number of nitrogens with one attached hydrogen (secondary N) is 2. The first-order valence-electron chi connectivity index (χ1n) is 8.67. The molecule has 0 fully saturated rings. The third-order valence-corrected chi connectivity index (χ3v) is 3.59. The van der Waals surface area contributed by atoms with Crippen LogP contribution in [0.4, 0.5) is 4.39 Å². The van der Waals surface area contributed by atoms with Crippen LogP contribution in [-0.2, 0) is 16.2 Å². The van der Waals surface area contributed by atoms with E-state index >= 15 is 0 Å². The van der Waals surface area contributed by atoms with Gasteiger partial charge in [0.25, 0.3) is 0 Å². The summed E-state index contributed by atoms with van der Waals surface area (Å²) >= 11 is 0. The highest BCUT2D eigenvalue weighted by atomic mass is 19.1. The zero-order valence-corrected chi connectivity index (χ0v) is 15.1. The van der Waals surface area contributed by atoms with Gasteiger partial charge in [0, 0.05) is 12.1 Å². The van der Waals surface area contributed by atoms with Gasteiger partial charge in [-0.25, -0.2) is 9.82 Å². The Labute approximate surface area is 157 Å². The van der Waals surface area contributed by atoms with Crippen LogP contribution in [0.1, 0.15) is 30.9 Å². The summed E-state index contributed by atoms with van der Waals surface area (Å²) in [7, 11) is 0. The van der Waals surface area contributed by atoms with E-state index in [1.807, 2.05) is 6.92 Å². The number of benzene rings is 2. The van der Waals surface area contributed by atoms with Crippen LogP contribution in [-0.4, -0.2) is 24.6 Å². The normalized spacial score (nSPS) is 10.6. The molecule has 0 spiro atoms. The Hall–Kier alpha value is -3.22. The summed E-state index contributed by atoms with van der Waals surface area (Å²) in [5, 5.41) is 6.30. The van der Waals surface area contributed by atoms with Crippen LogP contribution in [0.2, 0.25) is 0 Å². The highest BCUT2D eigenvalue weighted by Gasteiger charge is 2.11. The van der Waals surface area contributed by atoms with Crippen LogP contribution < -0.4 is 15.5 Å². The Morgan fingerprint density at radius 2 is 1.96 bits per heavy atom. The molecule has 2 aromatic carbocycles. The van der Waals surface area contributed by atoms with Crippen LogP contribution in [0.25, 0.3) is 0 Å². The van der Waals surface area contributed by atoms with Gasteiger partial charge in [0.05, 0.1) is 6.21 Å². The smallest absolute Gasteiger partial charge is 0.329 e. The maximum atomic E-state index is 13.2. The Balaban J connectivity index is 1.91. The predicted molar refractivity (Wildman–Crippen MR) is 101 cm³/mol. The van der Waals surface area contributed by atoms with Crippen molar-refractivity contribution in [2.45, 2.75) is 26.4 Å². The van der Waals surface area contributed by atoms with E-state index in [-0.39, 0.29) is 12.4 Å². The molecular formula is C20H22FN3O3. The Kier molecular flexibility index (Phi) is 7.96. The second-order valence-corrected chi connectivity index (χ2v) is 5.77. The number of hydrogen-bond acceptors (Lipinski definition) is 4. The first-order chi connectivity index (χ1) is 13.1. The molecule has 2 amide bonds. The molecule has 0 aromatic heterocycles. The molecule has 142 valence electrons. The third kappa shape index (κ3) is 6.89. The summed E-state index contributed by atoms with van der Waals surface area (Å²) in [6, 6.07) is 13.2. The molecule has 2 rings (SSSR count). The van der Waals surface area contributed by atoms with Gasteiger partial charge in [-0.15, -0.1) is 0 Å². The van der Waals surface area contributed by atoms with Crippen LogP contribution in [0.5, 0.6) is 5.75 Å². The predicted octanol–water partition coefficient (Wildman–Crippen LogP) is 2.77. The topological polar surface area (TPSA) is 79.8 Å². The van der Waals surface area contributed by atoms with Crippen molar-refractivity contribution in [2.75, 3.05) is 6.54 Å². The van der Waals surface area contributed by atoms with Gasteiger partial charge in [0.15, 0.2) is 0 Å². The molecule has 0 radical (unpaired) electrons. The molecule has 2 aromatic rings. The molecule has 0 bridgehead atoms. The minimum absolute atomic E-state index is 0.189. The van der Waals surface area contributed by atoms with Crippen LogP contribution in [0.15, 0.2) is 53.6 Å². The van der Waals surface area contributed by atoms with Crippen molar-refractivity contribution in [2.24, 2.45) is 5.10 Å². The van der Waals surface area contributed by atoms with Crippen molar-refractivity contribution in [1.29, 1.82) is 0 Å². The average molecular weight is 371 g/mol. The number of hydrazone groups is 1. The number of hydrogen-bond donors (Lipinski definition) is 2. The average Bonchev–Trinajstić information content (AvgIpc) is 2.67. The first kappa shape index (κ1) is 20.1. The van der Waals surface area contributed by atoms with Crippen molar-refractivity contribution < 1.29 is 18.7 Å². The van der Waals surface area contributed by atoms with Crippen LogP contribution in [0, 0.1) is 5.82 Å². The van der Waals surface area contributed by atoms with Gasteiger partial charge in [0.2, 0.25) is 0 Å². The number of carbonyl (C=O) groups excluding carboxylic acids is 2. The van der Waals surface area contributed by atoms with Gasteiger partial charge >= 0.3 is 11.8 Å². The molecule has 0 aliphatic carbocycles. The molecule has 0 aliphatic heterocycles. The lowest BCUT2D eigenvalue weighted by atomic mass is 10.2. The van der Waals surface area contributed by atoms with Crippen LogP contribution in [0.3, 0.4) is 0 Å². The molecule has 6 nitrogen and oxygen atoms in total. The second kappa shape index (κ2) is 10.7. The highest BCUT2D eigenvalue weighted by molar-refractivity contribution is 6.35. The zero-order valence-electron chi connectivity index (χ0n) is 15.1. The lowest BCUT2D eigenvalue weighted by Gasteiger charge is -2.09. The van der Waals surface area contributed by atoms with Crippen LogP contribution >= 0.6 is 0 Å². The standard InChI is InChI=1S/C20H22FN3O3/c1-2-3-11-22-19(25)20(26)24-23-13-16-8-4-5-10-18(16)27-14-15-7-6-9-17(21)12-15/h4-10,12-13H,2-3,11,14H2,1H3,(H,22,25)(H,24,26)/b23-13-. The molecule has 0 aliphatic rings. The first-order valence-corrected chi connectivity index (χ1v) is 8.67. The number of nitrogens with zero attached hydrogens (tertiary/aromatic N) is 1. The highest BCUT2D eigenvalue weighted by Crippen LogP contribution is 2.17. The van der Waals surface area contributed by atoms with Gasteiger partial charge in [0.1, 0.15) is 18.2 Å². The van der Waals surface area contributed by atoms with Crippen molar-refractivity contribution in [3.63, 3.8) is 0 Å². The third-order valence-electron chi connectivity index (χ3n) is 3.59. The van der Waals surface area contributed by atoms with Crippen molar-refractivity contribution >= 4 is 18.0 Å². The molecule has 0 heterocycles. The molecule has 7 heteroatoms. The number of para-hydroxylation sites is 1. The molecule has 27 heavy (non-hydrogen) atoms. The summed E-state index contributed by atoms with van der Waals surface area (Å²) in [6.45, 7) is 2.63. The van der Waals surface area contributed by atoms with Crippen molar-refractivity contribution in [3.8, 4) is 5.75 Å². The summed E-state index contributed by atoms with van der Waals surface area (Å²) in [6.07, 6.45) is 3.11. The van der Waals surface area contributed by atoms with E-state index in [0.717, 1.165) is 12.8 Å². The Morgan fingerprint density at radius 3 is 2.74 bits per heavy atom. The Bertz CT molecular complexity index is 809. The fraction of sp³-hybridized carbons (Fsp3) is 0.250. The van der Waals surface area contributed by atoms with E-state index in [1.54, 1.807) is 36.4 Å². The Morgan fingerprint density at radius 1 is 1.15 bits per heavy atom. The summed E-state index contributed by atoms with van der Waals surface area (Å²) < 4.78 is 18.9. The molecule has 0 unspecified atom stereocenters. The largest absolute Gasteiger partial charge is 0.488 e. The van der Waals surface area contributed by atoms with E-state index in [9.17, 15) is 14.0 Å². The number of halogens is 1. The van der Waals surface area contributed by atoms with E-state index in [2.05, 4.69) is 15.8 Å². The van der Waals surface area contributed by atoms with E-state index < -0.39 is 11.8 Å². The number of rotatable bonds is 8. The molecule has 0 saturated heterocycles. The lowest BCUT2D eigenvalue weighted by molar-refractivity contribution is -0.139. The maximum absolute atomic E-state index is 13.2. The monoisotopic (exact) mass is 371 g/mol. The number of unbranched alkanes of at least 4 members (excludes halogenated alkanes) is 1. The van der Waals surface area contributed by atoms with Gasteiger partial charge in [-0.05, 0) is 36.2 Å². The minimum Gasteiger partial charge on any atom is -0.488 e. The summed E-state index contributed by atoms with van der Waals surface area (Å²) in [5.41, 5.74) is 3.48. The van der Waals surface area contributed by atoms with Gasteiger partial charge in [-0.2, -0.15) is 5.10 Å². The van der Waals surface area contributed by atoms with Crippen molar-refractivity contribution in [1.82, 2.24) is 10.7 Å². The molecular weight excluding hydrogens is 349 g/mol. The van der Waals surface area contributed by atoms with E-state index in [1.165, 1.54) is 18.3 Å². The quantitative estimate of drug-likeness (QED) is 0.324. The zero-order chi connectivity index (χ0) is 19.5. The maximum Gasteiger partial charge on any atom is 0.329 e. The number of amides is 2. The van der Waals surface area contributed by atoms with Gasteiger partial charge in [-0.1, -0.05) is 37.6 Å². The lowest BCUT2D eigenvalue weighted by Crippen LogP contribution is -2.38. The number of carbonyl (C=O) groups is 2. The fourth-order valence-electron chi connectivity index (χ4n) is 2.18. The second-order valence-electron chi connectivity index (χ2n) is 5.77. The van der Waals surface area contributed by atoms with Gasteiger partial charge < -0.3 is 10.1 Å². The molecule has 0 atom stereocenters. The minimum atomic E-state index is -0.833. The van der Waals surface area contributed by atoms with E-state index in [4.69, 9.17) is 4.74 Å². The summed E-state index contributed by atoms with van der Waals surface area (Å²) in [4.78, 5) is 23.2. The van der Waals surface area contributed by atoms with E-state index in [0.29, 0.717) is 23.4 Å². The van der Waals surface area contributed by atoms with Gasteiger partial charge in [-0.3, -0.25) is 9.59 Å². The number of ether oxygens (including phenoxy) is 1. The SMILES string of the molecule is CCCCNC(=O)C(=O)N/N=C\c1ccccc1OCc1cccc(F)c1. The van der Waals surface area contributed by atoms with Crippen molar-refractivity contribution in [3.05, 3.63) is 65.5 Å². The molecule has 2 N–H and O–H groups in total.